The van der Waals surface area contributed by atoms with E-state index in [0.717, 1.165) is 35.6 Å². The van der Waals surface area contributed by atoms with Crippen molar-refractivity contribution in [3.8, 4) is 17.0 Å². The number of nitrogen functional groups attached to an aromatic ring is 1. The normalized spacial score (nSPS) is 10.3. The maximum atomic E-state index is 5.98. The van der Waals surface area contributed by atoms with Gasteiger partial charge in [-0.05, 0) is 49.2 Å². The van der Waals surface area contributed by atoms with Crippen LogP contribution in [-0.4, -0.2) is 11.6 Å². The average molecular weight is 242 g/mol. The molecule has 0 radical (unpaired) electrons. The van der Waals surface area contributed by atoms with E-state index in [2.05, 4.69) is 11.9 Å². The number of anilines is 1. The van der Waals surface area contributed by atoms with Gasteiger partial charge in [0.25, 0.3) is 0 Å². The van der Waals surface area contributed by atoms with E-state index in [-0.39, 0.29) is 0 Å². The average Bonchev–Trinajstić information content (AvgIpc) is 2.37. The second-order valence-corrected chi connectivity index (χ2v) is 4.32. The molecule has 0 aliphatic carbocycles. The highest BCUT2D eigenvalue weighted by Crippen LogP contribution is 2.25. The number of pyridine rings is 1. The summed E-state index contributed by atoms with van der Waals surface area (Å²) >= 11 is 0. The van der Waals surface area contributed by atoms with E-state index >= 15 is 0 Å². The predicted molar refractivity (Wildman–Crippen MR) is 74.6 cm³/mol. The Bertz CT molecular complexity index is 521. The van der Waals surface area contributed by atoms with E-state index in [0.29, 0.717) is 5.69 Å². The molecule has 0 amide bonds. The Morgan fingerprint density at radius 3 is 2.56 bits per heavy atom. The molecule has 1 heterocycles. The van der Waals surface area contributed by atoms with Crippen molar-refractivity contribution in [2.24, 2.45) is 0 Å². The molecular formula is C15H18N2O. The van der Waals surface area contributed by atoms with Crippen molar-refractivity contribution in [2.75, 3.05) is 12.3 Å². The minimum Gasteiger partial charge on any atom is -0.494 e. The number of rotatable bonds is 4. The zero-order valence-electron chi connectivity index (χ0n) is 10.8. The molecule has 3 heteroatoms. The lowest BCUT2D eigenvalue weighted by atomic mass is 10.1. The van der Waals surface area contributed by atoms with Crippen LogP contribution in [0.25, 0.3) is 11.3 Å². The molecule has 1 aromatic carbocycles. The Morgan fingerprint density at radius 2 is 1.94 bits per heavy atom. The standard InChI is InChI=1S/C15H18N2O/c1-3-8-18-13-6-4-12(5-7-13)15-14(16)9-11(2)10-17-15/h4-7,9-10H,3,8,16H2,1-2H3. The zero-order valence-corrected chi connectivity index (χ0v) is 10.8. The molecule has 0 spiro atoms. The molecule has 3 nitrogen and oxygen atoms in total. The smallest absolute Gasteiger partial charge is 0.119 e. The zero-order chi connectivity index (χ0) is 13.0. The van der Waals surface area contributed by atoms with Gasteiger partial charge in [0.05, 0.1) is 18.0 Å². The van der Waals surface area contributed by atoms with Gasteiger partial charge in [-0.2, -0.15) is 0 Å². The summed E-state index contributed by atoms with van der Waals surface area (Å²) in [4.78, 5) is 4.37. The van der Waals surface area contributed by atoms with Crippen LogP contribution in [0, 0.1) is 6.92 Å². The van der Waals surface area contributed by atoms with Gasteiger partial charge in [-0.15, -0.1) is 0 Å². The Kier molecular flexibility index (Phi) is 3.82. The molecular weight excluding hydrogens is 224 g/mol. The van der Waals surface area contributed by atoms with Gasteiger partial charge in [-0.25, -0.2) is 0 Å². The van der Waals surface area contributed by atoms with Crippen molar-refractivity contribution in [1.29, 1.82) is 0 Å². The summed E-state index contributed by atoms with van der Waals surface area (Å²) in [6.45, 7) is 4.81. The first-order valence-electron chi connectivity index (χ1n) is 6.16. The number of hydrogen-bond acceptors (Lipinski definition) is 3. The van der Waals surface area contributed by atoms with Gasteiger partial charge in [0.15, 0.2) is 0 Å². The first-order chi connectivity index (χ1) is 8.70. The summed E-state index contributed by atoms with van der Waals surface area (Å²) in [5.74, 6) is 0.881. The quantitative estimate of drug-likeness (QED) is 0.893. The van der Waals surface area contributed by atoms with Crippen molar-refractivity contribution in [3.63, 3.8) is 0 Å². The van der Waals surface area contributed by atoms with Crippen molar-refractivity contribution >= 4 is 5.69 Å². The minimum atomic E-state index is 0.706. The number of benzene rings is 1. The van der Waals surface area contributed by atoms with E-state index in [1.807, 2.05) is 43.5 Å². The number of nitrogens with zero attached hydrogens (tertiary/aromatic N) is 1. The number of aryl methyl sites for hydroxylation is 1. The van der Waals surface area contributed by atoms with Gasteiger partial charge in [-0.3, -0.25) is 4.98 Å². The van der Waals surface area contributed by atoms with Crippen LogP contribution in [0.2, 0.25) is 0 Å². The summed E-state index contributed by atoms with van der Waals surface area (Å²) < 4.78 is 5.54. The summed E-state index contributed by atoms with van der Waals surface area (Å²) in [5.41, 5.74) is 9.58. The highest BCUT2D eigenvalue weighted by Gasteiger charge is 2.04. The molecule has 0 bridgehead atoms. The molecule has 0 unspecified atom stereocenters. The molecule has 94 valence electrons. The molecule has 0 saturated heterocycles. The summed E-state index contributed by atoms with van der Waals surface area (Å²) in [6.07, 6.45) is 2.83. The van der Waals surface area contributed by atoms with E-state index in [4.69, 9.17) is 10.5 Å². The Labute approximate surface area is 108 Å². The van der Waals surface area contributed by atoms with Crippen molar-refractivity contribution in [3.05, 3.63) is 42.1 Å². The molecule has 2 aromatic rings. The van der Waals surface area contributed by atoms with Crippen LogP contribution < -0.4 is 10.5 Å². The third kappa shape index (κ3) is 2.80. The van der Waals surface area contributed by atoms with Gasteiger partial charge in [0.1, 0.15) is 5.75 Å². The fourth-order valence-corrected chi connectivity index (χ4v) is 1.76. The lowest BCUT2D eigenvalue weighted by Gasteiger charge is -2.08. The van der Waals surface area contributed by atoms with E-state index < -0.39 is 0 Å². The Balaban J connectivity index is 2.23. The van der Waals surface area contributed by atoms with Gasteiger partial charge in [-0.1, -0.05) is 6.92 Å². The lowest BCUT2D eigenvalue weighted by Crippen LogP contribution is -1.96. The molecule has 1 aromatic heterocycles. The third-order valence-corrected chi connectivity index (χ3v) is 2.65. The number of nitrogens with two attached hydrogens (primary N) is 1. The topological polar surface area (TPSA) is 48.1 Å². The van der Waals surface area contributed by atoms with Crippen LogP contribution in [0.3, 0.4) is 0 Å². The molecule has 0 saturated carbocycles. The maximum Gasteiger partial charge on any atom is 0.119 e. The fraction of sp³-hybridized carbons (Fsp3) is 0.267. The van der Waals surface area contributed by atoms with E-state index in [1.165, 1.54) is 0 Å². The summed E-state index contributed by atoms with van der Waals surface area (Å²) in [6, 6.07) is 9.81. The number of ether oxygens (including phenoxy) is 1. The summed E-state index contributed by atoms with van der Waals surface area (Å²) in [7, 11) is 0. The first kappa shape index (κ1) is 12.4. The fourth-order valence-electron chi connectivity index (χ4n) is 1.76. The molecule has 18 heavy (non-hydrogen) atoms. The third-order valence-electron chi connectivity index (χ3n) is 2.65. The molecule has 0 atom stereocenters. The molecule has 0 aliphatic rings. The van der Waals surface area contributed by atoms with Crippen molar-refractivity contribution in [1.82, 2.24) is 4.98 Å². The number of aromatic nitrogens is 1. The molecule has 2 N–H and O–H groups in total. The van der Waals surface area contributed by atoms with Crippen LogP contribution >= 0.6 is 0 Å². The van der Waals surface area contributed by atoms with E-state index in [1.54, 1.807) is 0 Å². The van der Waals surface area contributed by atoms with Gasteiger partial charge in [0, 0.05) is 11.8 Å². The lowest BCUT2D eigenvalue weighted by molar-refractivity contribution is 0.317. The van der Waals surface area contributed by atoms with Gasteiger partial charge >= 0.3 is 0 Å². The van der Waals surface area contributed by atoms with Gasteiger partial charge in [0.2, 0.25) is 0 Å². The SMILES string of the molecule is CCCOc1ccc(-c2ncc(C)cc2N)cc1. The minimum absolute atomic E-state index is 0.706. The molecule has 0 fully saturated rings. The van der Waals surface area contributed by atoms with Gasteiger partial charge < -0.3 is 10.5 Å². The predicted octanol–water partition coefficient (Wildman–Crippen LogP) is 3.43. The highest BCUT2D eigenvalue weighted by atomic mass is 16.5. The van der Waals surface area contributed by atoms with E-state index in [9.17, 15) is 0 Å². The maximum absolute atomic E-state index is 5.98. The van der Waals surface area contributed by atoms with Crippen LogP contribution in [-0.2, 0) is 0 Å². The van der Waals surface area contributed by atoms with Crippen LogP contribution in [0.4, 0.5) is 5.69 Å². The Hall–Kier alpha value is -2.03. The Morgan fingerprint density at radius 1 is 1.22 bits per heavy atom. The monoisotopic (exact) mass is 242 g/mol. The van der Waals surface area contributed by atoms with Crippen LogP contribution in [0.15, 0.2) is 36.5 Å². The largest absolute Gasteiger partial charge is 0.494 e. The first-order valence-corrected chi connectivity index (χ1v) is 6.16. The van der Waals surface area contributed by atoms with Crippen LogP contribution in [0.5, 0.6) is 5.75 Å². The second kappa shape index (κ2) is 5.54. The highest BCUT2D eigenvalue weighted by molar-refractivity contribution is 5.73. The molecule has 0 aliphatic heterocycles. The summed E-state index contributed by atoms with van der Waals surface area (Å²) in [5, 5.41) is 0. The van der Waals surface area contributed by atoms with Crippen molar-refractivity contribution < 1.29 is 4.74 Å². The number of hydrogen-bond donors (Lipinski definition) is 1. The van der Waals surface area contributed by atoms with Crippen LogP contribution in [0.1, 0.15) is 18.9 Å². The molecule has 2 rings (SSSR count). The van der Waals surface area contributed by atoms with Crippen molar-refractivity contribution in [2.45, 2.75) is 20.3 Å². The second-order valence-electron chi connectivity index (χ2n) is 4.32.